The normalized spacial score (nSPS) is 23.6. The number of anilines is 1. The van der Waals surface area contributed by atoms with Crippen molar-refractivity contribution in [2.24, 2.45) is 7.05 Å². The molecule has 0 aliphatic heterocycles. The molecule has 0 saturated heterocycles. The molecular formula is C11H18N4O2. The van der Waals surface area contributed by atoms with Crippen LogP contribution in [0.15, 0.2) is 12.3 Å². The summed E-state index contributed by atoms with van der Waals surface area (Å²) < 4.78 is 6.94. The number of nitrogens with one attached hydrogen (secondary N) is 2. The van der Waals surface area contributed by atoms with Gasteiger partial charge in [-0.2, -0.15) is 5.10 Å². The molecule has 1 saturated carbocycles. The number of urea groups is 1. The third-order valence-electron chi connectivity index (χ3n) is 3.13. The summed E-state index contributed by atoms with van der Waals surface area (Å²) in [6.07, 6.45) is 4.84. The standard InChI is InChI=1S/C11H18N4O2/c1-15-10(6-7-12-15)14-11(16)13-8-4-3-5-9(8)17-2/h6-9H,3-5H2,1-2H3,(H2,13,14,16)/t8-,9-/m1/s1. The molecule has 2 rings (SSSR count). The van der Waals surface area contributed by atoms with E-state index < -0.39 is 0 Å². The number of ether oxygens (including phenoxy) is 1. The Balaban J connectivity index is 1.87. The Morgan fingerprint density at radius 3 is 3.06 bits per heavy atom. The summed E-state index contributed by atoms with van der Waals surface area (Å²) in [5.74, 6) is 0.675. The number of methoxy groups -OCH3 is 1. The van der Waals surface area contributed by atoms with E-state index in [2.05, 4.69) is 15.7 Å². The maximum absolute atomic E-state index is 11.8. The van der Waals surface area contributed by atoms with Crippen LogP contribution in [0.5, 0.6) is 0 Å². The van der Waals surface area contributed by atoms with Gasteiger partial charge in [-0.3, -0.25) is 10.00 Å². The van der Waals surface area contributed by atoms with Gasteiger partial charge in [-0.1, -0.05) is 0 Å². The Labute approximate surface area is 100 Å². The zero-order chi connectivity index (χ0) is 12.3. The van der Waals surface area contributed by atoms with E-state index in [1.807, 2.05) is 0 Å². The van der Waals surface area contributed by atoms with Crippen molar-refractivity contribution in [2.75, 3.05) is 12.4 Å². The molecule has 0 unspecified atom stereocenters. The van der Waals surface area contributed by atoms with Gasteiger partial charge in [0.1, 0.15) is 5.82 Å². The third kappa shape index (κ3) is 2.76. The topological polar surface area (TPSA) is 68.2 Å². The second kappa shape index (κ2) is 5.18. The highest BCUT2D eigenvalue weighted by Crippen LogP contribution is 2.21. The van der Waals surface area contributed by atoms with Gasteiger partial charge in [-0.25, -0.2) is 4.79 Å². The summed E-state index contributed by atoms with van der Waals surface area (Å²) in [4.78, 5) is 11.8. The van der Waals surface area contributed by atoms with Crippen molar-refractivity contribution < 1.29 is 9.53 Å². The molecule has 0 aromatic carbocycles. The average Bonchev–Trinajstić information content (AvgIpc) is 2.89. The van der Waals surface area contributed by atoms with Gasteiger partial charge in [0.15, 0.2) is 0 Å². The molecule has 2 amide bonds. The molecule has 0 bridgehead atoms. The molecule has 6 nitrogen and oxygen atoms in total. The molecule has 94 valence electrons. The predicted molar refractivity (Wildman–Crippen MR) is 63.8 cm³/mol. The van der Waals surface area contributed by atoms with Crippen molar-refractivity contribution in [1.29, 1.82) is 0 Å². The Bertz CT molecular complexity index is 391. The molecule has 17 heavy (non-hydrogen) atoms. The van der Waals surface area contributed by atoms with Crippen molar-refractivity contribution in [1.82, 2.24) is 15.1 Å². The monoisotopic (exact) mass is 238 g/mol. The van der Waals surface area contributed by atoms with E-state index in [-0.39, 0.29) is 18.2 Å². The lowest BCUT2D eigenvalue weighted by atomic mass is 10.2. The van der Waals surface area contributed by atoms with E-state index >= 15 is 0 Å². The molecule has 1 heterocycles. The van der Waals surface area contributed by atoms with Gasteiger partial charge in [0.25, 0.3) is 0 Å². The van der Waals surface area contributed by atoms with Crippen LogP contribution in [0.4, 0.5) is 10.6 Å². The average molecular weight is 238 g/mol. The number of hydrogen-bond acceptors (Lipinski definition) is 3. The highest BCUT2D eigenvalue weighted by atomic mass is 16.5. The summed E-state index contributed by atoms with van der Waals surface area (Å²) in [6, 6.07) is 1.65. The number of nitrogens with zero attached hydrogens (tertiary/aromatic N) is 2. The van der Waals surface area contributed by atoms with E-state index in [1.54, 1.807) is 31.1 Å². The van der Waals surface area contributed by atoms with Crippen LogP contribution in [0, 0.1) is 0 Å². The lowest BCUT2D eigenvalue weighted by molar-refractivity contribution is 0.0882. The van der Waals surface area contributed by atoms with Crippen LogP contribution in [-0.4, -0.2) is 35.1 Å². The molecule has 1 aromatic rings. The molecule has 2 N–H and O–H groups in total. The van der Waals surface area contributed by atoms with Crippen LogP contribution in [-0.2, 0) is 11.8 Å². The van der Waals surface area contributed by atoms with Crippen LogP contribution in [0.1, 0.15) is 19.3 Å². The molecule has 2 atom stereocenters. The Hall–Kier alpha value is -1.56. The molecular weight excluding hydrogens is 220 g/mol. The van der Waals surface area contributed by atoms with Crippen LogP contribution in [0.2, 0.25) is 0 Å². The van der Waals surface area contributed by atoms with Crippen molar-refractivity contribution >= 4 is 11.8 Å². The van der Waals surface area contributed by atoms with E-state index in [0.29, 0.717) is 5.82 Å². The second-order valence-electron chi connectivity index (χ2n) is 4.25. The maximum Gasteiger partial charge on any atom is 0.320 e. The van der Waals surface area contributed by atoms with Gasteiger partial charge in [0, 0.05) is 20.2 Å². The number of carbonyl (C=O) groups excluding carboxylic acids is 1. The molecule has 0 spiro atoms. The number of amides is 2. The quantitative estimate of drug-likeness (QED) is 0.828. The number of hydrogen-bond donors (Lipinski definition) is 2. The minimum absolute atomic E-state index is 0.105. The first kappa shape index (κ1) is 11.9. The van der Waals surface area contributed by atoms with Crippen LogP contribution < -0.4 is 10.6 Å². The lowest BCUT2D eigenvalue weighted by Crippen LogP contribution is -2.43. The first-order chi connectivity index (χ1) is 8.20. The molecule has 0 radical (unpaired) electrons. The lowest BCUT2D eigenvalue weighted by Gasteiger charge is -2.19. The first-order valence-electron chi connectivity index (χ1n) is 5.79. The van der Waals surface area contributed by atoms with Gasteiger partial charge in [0.2, 0.25) is 0 Å². The SMILES string of the molecule is CO[C@@H]1CCC[C@H]1NC(=O)Nc1ccnn1C. The maximum atomic E-state index is 11.8. The van der Waals surface area contributed by atoms with Gasteiger partial charge >= 0.3 is 6.03 Å². The largest absolute Gasteiger partial charge is 0.379 e. The molecule has 1 fully saturated rings. The van der Waals surface area contributed by atoms with Crippen LogP contribution in [0.3, 0.4) is 0 Å². The fourth-order valence-electron chi connectivity index (χ4n) is 2.19. The second-order valence-corrected chi connectivity index (χ2v) is 4.25. The fourth-order valence-corrected chi connectivity index (χ4v) is 2.19. The number of rotatable bonds is 3. The highest BCUT2D eigenvalue weighted by Gasteiger charge is 2.28. The van der Waals surface area contributed by atoms with Gasteiger partial charge in [0.05, 0.1) is 18.3 Å². The summed E-state index contributed by atoms with van der Waals surface area (Å²) >= 11 is 0. The Morgan fingerprint density at radius 1 is 1.59 bits per heavy atom. The van der Waals surface area contributed by atoms with E-state index in [4.69, 9.17) is 4.74 Å². The smallest absolute Gasteiger partial charge is 0.320 e. The Morgan fingerprint density at radius 2 is 2.41 bits per heavy atom. The van der Waals surface area contributed by atoms with Crippen LogP contribution in [0.25, 0.3) is 0 Å². The summed E-state index contributed by atoms with van der Waals surface area (Å²) in [5.41, 5.74) is 0. The van der Waals surface area contributed by atoms with Crippen molar-refractivity contribution in [2.45, 2.75) is 31.4 Å². The van der Waals surface area contributed by atoms with E-state index in [0.717, 1.165) is 19.3 Å². The molecule has 6 heteroatoms. The minimum Gasteiger partial charge on any atom is -0.379 e. The number of carbonyl (C=O) groups is 1. The predicted octanol–water partition coefficient (Wildman–Crippen LogP) is 1.11. The zero-order valence-electron chi connectivity index (χ0n) is 10.1. The van der Waals surface area contributed by atoms with Gasteiger partial charge in [-0.05, 0) is 19.3 Å². The molecule has 1 aliphatic carbocycles. The van der Waals surface area contributed by atoms with E-state index in [9.17, 15) is 4.79 Å². The van der Waals surface area contributed by atoms with E-state index in [1.165, 1.54) is 0 Å². The summed E-state index contributed by atoms with van der Waals surface area (Å²) in [7, 11) is 3.47. The molecule has 1 aliphatic rings. The van der Waals surface area contributed by atoms with Crippen molar-refractivity contribution in [3.05, 3.63) is 12.3 Å². The van der Waals surface area contributed by atoms with Gasteiger partial charge < -0.3 is 10.1 Å². The summed E-state index contributed by atoms with van der Waals surface area (Å²) in [6.45, 7) is 0. The highest BCUT2D eigenvalue weighted by molar-refractivity contribution is 5.88. The first-order valence-corrected chi connectivity index (χ1v) is 5.79. The fraction of sp³-hybridized carbons (Fsp3) is 0.636. The van der Waals surface area contributed by atoms with Crippen molar-refractivity contribution in [3.8, 4) is 0 Å². The Kier molecular flexibility index (Phi) is 3.63. The minimum atomic E-state index is -0.206. The number of aromatic nitrogens is 2. The van der Waals surface area contributed by atoms with Crippen molar-refractivity contribution in [3.63, 3.8) is 0 Å². The third-order valence-corrected chi connectivity index (χ3v) is 3.13. The number of aryl methyl sites for hydroxylation is 1. The zero-order valence-corrected chi connectivity index (χ0v) is 10.1. The van der Waals surface area contributed by atoms with Gasteiger partial charge in [-0.15, -0.1) is 0 Å². The van der Waals surface area contributed by atoms with Crippen LogP contribution >= 0.6 is 0 Å². The summed E-state index contributed by atoms with van der Waals surface area (Å²) in [5, 5.41) is 9.67. The molecule has 1 aromatic heterocycles.